The van der Waals surface area contributed by atoms with Crippen molar-refractivity contribution in [1.82, 2.24) is 0 Å². The van der Waals surface area contributed by atoms with Crippen molar-refractivity contribution in [2.75, 3.05) is 7.11 Å². The van der Waals surface area contributed by atoms with Crippen LogP contribution in [0, 0.1) is 3.57 Å². The Balaban J connectivity index is 2.24. The molecule has 0 N–H and O–H groups in total. The van der Waals surface area contributed by atoms with Crippen LogP contribution in [0.2, 0.25) is 0 Å². The molecule has 2 aromatic carbocycles. The summed E-state index contributed by atoms with van der Waals surface area (Å²) in [6.07, 6.45) is 0. The molecule has 3 aromatic rings. The van der Waals surface area contributed by atoms with E-state index in [-0.39, 0.29) is 0 Å². The zero-order valence-corrected chi connectivity index (χ0v) is 13.6. The van der Waals surface area contributed by atoms with Crippen LogP contribution in [0.15, 0.2) is 54.6 Å². The Labute approximate surface area is 132 Å². The van der Waals surface area contributed by atoms with Gasteiger partial charge in [0.25, 0.3) is 0 Å². The molecule has 3 heteroatoms. The van der Waals surface area contributed by atoms with Gasteiger partial charge in [-0.1, -0.05) is 12.1 Å². The third-order valence-corrected chi connectivity index (χ3v) is 4.33. The number of halogens is 1. The number of ether oxygens (including phenoxy) is 1. The fourth-order valence-electron chi connectivity index (χ4n) is 2.48. The molecule has 0 fully saturated rings. The van der Waals surface area contributed by atoms with Crippen LogP contribution in [0.25, 0.3) is 22.2 Å². The minimum Gasteiger partial charge on any atom is -0.497 e. The van der Waals surface area contributed by atoms with Crippen molar-refractivity contribution in [2.45, 2.75) is 0 Å². The van der Waals surface area contributed by atoms with E-state index in [1.165, 1.54) is 25.7 Å². The number of aryl methyl sites for hydroxylation is 1. The average molecular weight is 376 g/mol. The molecule has 0 bridgehead atoms. The van der Waals surface area contributed by atoms with E-state index in [9.17, 15) is 0 Å². The van der Waals surface area contributed by atoms with Crippen molar-refractivity contribution in [1.29, 1.82) is 0 Å². The summed E-state index contributed by atoms with van der Waals surface area (Å²) in [6, 6.07) is 18.9. The van der Waals surface area contributed by atoms with E-state index < -0.39 is 0 Å². The van der Waals surface area contributed by atoms with E-state index in [4.69, 9.17) is 4.74 Å². The van der Waals surface area contributed by atoms with E-state index in [1.807, 2.05) is 12.1 Å². The number of aromatic nitrogens is 1. The first-order valence-electron chi connectivity index (χ1n) is 6.42. The number of hydrogen-bond acceptors (Lipinski definition) is 1. The lowest BCUT2D eigenvalue weighted by Gasteiger charge is -2.07. The molecule has 0 atom stereocenters. The quantitative estimate of drug-likeness (QED) is 0.488. The predicted octanol–water partition coefficient (Wildman–Crippen LogP) is 3.94. The van der Waals surface area contributed by atoms with Crippen LogP contribution in [0.1, 0.15) is 0 Å². The highest BCUT2D eigenvalue weighted by Crippen LogP contribution is 2.26. The maximum Gasteiger partial charge on any atom is 0.226 e. The second-order valence-corrected chi connectivity index (χ2v) is 5.85. The molecule has 0 aliphatic carbocycles. The molecule has 0 aliphatic heterocycles. The fraction of sp³-hybridized carbons (Fsp3) is 0.118. The summed E-state index contributed by atoms with van der Waals surface area (Å²) in [5, 5.41) is 1.26. The van der Waals surface area contributed by atoms with Gasteiger partial charge in [0.15, 0.2) is 0 Å². The lowest BCUT2D eigenvalue weighted by molar-refractivity contribution is -0.634. The van der Waals surface area contributed by atoms with Gasteiger partial charge < -0.3 is 4.74 Å². The summed E-state index contributed by atoms with van der Waals surface area (Å²) in [5.41, 5.74) is 3.66. The number of methoxy groups -OCH3 is 1. The Kier molecular flexibility index (Phi) is 3.61. The maximum atomic E-state index is 5.23. The van der Waals surface area contributed by atoms with Gasteiger partial charge in [-0.2, -0.15) is 4.57 Å². The Morgan fingerprint density at radius 2 is 1.70 bits per heavy atom. The SMILES string of the molecule is COc1ccc(-c2c(I)cc3ccccc3[n+]2C)cc1. The molecule has 0 saturated carbocycles. The molecule has 0 saturated heterocycles. The summed E-state index contributed by atoms with van der Waals surface area (Å²) in [7, 11) is 3.80. The van der Waals surface area contributed by atoms with Crippen LogP contribution in [0.3, 0.4) is 0 Å². The van der Waals surface area contributed by atoms with Gasteiger partial charge in [0.2, 0.25) is 11.2 Å². The Bertz CT molecular complexity index is 766. The number of nitrogens with zero attached hydrogens (tertiary/aromatic N) is 1. The first-order chi connectivity index (χ1) is 9.70. The van der Waals surface area contributed by atoms with Gasteiger partial charge in [0.1, 0.15) is 12.8 Å². The Morgan fingerprint density at radius 1 is 1.00 bits per heavy atom. The third-order valence-electron chi connectivity index (χ3n) is 3.51. The summed E-state index contributed by atoms with van der Waals surface area (Å²) in [6.45, 7) is 0. The first kappa shape index (κ1) is 13.4. The van der Waals surface area contributed by atoms with Gasteiger partial charge >= 0.3 is 0 Å². The Morgan fingerprint density at radius 3 is 2.40 bits per heavy atom. The molecular weight excluding hydrogens is 361 g/mol. The smallest absolute Gasteiger partial charge is 0.226 e. The highest BCUT2D eigenvalue weighted by atomic mass is 127. The van der Waals surface area contributed by atoms with E-state index in [0.29, 0.717) is 0 Å². The molecule has 0 radical (unpaired) electrons. The van der Waals surface area contributed by atoms with Gasteiger partial charge in [-0.05, 0) is 59.0 Å². The monoisotopic (exact) mass is 376 g/mol. The second kappa shape index (κ2) is 5.40. The summed E-state index contributed by atoms with van der Waals surface area (Å²) in [5.74, 6) is 0.882. The van der Waals surface area contributed by atoms with Crippen molar-refractivity contribution < 1.29 is 9.30 Å². The molecule has 1 aromatic heterocycles. The molecule has 2 nitrogen and oxygen atoms in total. The van der Waals surface area contributed by atoms with Crippen molar-refractivity contribution in [3.8, 4) is 17.0 Å². The first-order valence-corrected chi connectivity index (χ1v) is 7.50. The van der Waals surface area contributed by atoms with Crippen molar-refractivity contribution in [2.24, 2.45) is 7.05 Å². The van der Waals surface area contributed by atoms with Crippen LogP contribution < -0.4 is 9.30 Å². The van der Waals surface area contributed by atoms with E-state index in [2.05, 4.69) is 76.7 Å². The number of hydrogen-bond donors (Lipinski definition) is 0. The number of fused-ring (bicyclic) bond motifs is 1. The zero-order chi connectivity index (χ0) is 14.1. The van der Waals surface area contributed by atoms with Crippen LogP contribution in [-0.2, 0) is 7.05 Å². The van der Waals surface area contributed by atoms with Crippen LogP contribution in [0.5, 0.6) is 5.75 Å². The highest BCUT2D eigenvalue weighted by molar-refractivity contribution is 14.1. The minimum absolute atomic E-state index is 0.882. The molecular formula is C17H15INO+. The van der Waals surface area contributed by atoms with E-state index in [0.717, 1.165) is 5.75 Å². The van der Waals surface area contributed by atoms with Gasteiger partial charge in [0.05, 0.1) is 10.7 Å². The highest BCUT2D eigenvalue weighted by Gasteiger charge is 2.18. The van der Waals surface area contributed by atoms with Gasteiger partial charge in [-0.15, -0.1) is 0 Å². The molecule has 1 heterocycles. The number of benzene rings is 2. The van der Waals surface area contributed by atoms with Crippen molar-refractivity contribution in [3.05, 3.63) is 58.2 Å². The molecule has 20 heavy (non-hydrogen) atoms. The van der Waals surface area contributed by atoms with Crippen molar-refractivity contribution in [3.63, 3.8) is 0 Å². The predicted molar refractivity (Wildman–Crippen MR) is 89.8 cm³/mol. The molecule has 0 unspecified atom stereocenters. The molecule has 0 amide bonds. The standard InChI is InChI=1S/C17H15INO/c1-19-16-6-4-3-5-13(16)11-15(18)17(19)12-7-9-14(20-2)10-8-12/h3-11H,1-2H3/q+1. The van der Waals surface area contributed by atoms with Crippen LogP contribution in [-0.4, -0.2) is 7.11 Å². The normalized spacial score (nSPS) is 10.8. The second-order valence-electron chi connectivity index (χ2n) is 4.69. The summed E-state index contributed by atoms with van der Waals surface area (Å²) in [4.78, 5) is 0. The summed E-state index contributed by atoms with van der Waals surface area (Å²) >= 11 is 2.40. The van der Waals surface area contributed by atoms with Gasteiger partial charge in [-0.3, -0.25) is 0 Å². The summed E-state index contributed by atoms with van der Waals surface area (Å²) < 4.78 is 8.72. The van der Waals surface area contributed by atoms with Crippen molar-refractivity contribution >= 4 is 33.5 Å². The number of rotatable bonds is 2. The molecule has 0 aliphatic rings. The van der Waals surface area contributed by atoms with Gasteiger partial charge in [-0.25, -0.2) is 0 Å². The van der Waals surface area contributed by atoms with Crippen LogP contribution >= 0.6 is 22.6 Å². The van der Waals surface area contributed by atoms with Crippen LogP contribution in [0.4, 0.5) is 0 Å². The molecule has 3 rings (SSSR count). The molecule has 0 spiro atoms. The number of para-hydroxylation sites is 1. The van der Waals surface area contributed by atoms with Gasteiger partial charge in [0, 0.05) is 17.0 Å². The molecule has 100 valence electrons. The third kappa shape index (κ3) is 2.26. The number of pyridine rings is 1. The minimum atomic E-state index is 0.882. The maximum absolute atomic E-state index is 5.23. The van der Waals surface area contributed by atoms with E-state index >= 15 is 0 Å². The average Bonchev–Trinajstić information content (AvgIpc) is 2.48. The topological polar surface area (TPSA) is 13.1 Å². The largest absolute Gasteiger partial charge is 0.497 e. The zero-order valence-electron chi connectivity index (χ0n) is 11.4. The lowest BCUT2D eigenvalue weighted by atomic mass is 10.1. The fourth-order valence-corrected chi connectivity index (χ4v) is 3.49. The lowest BCUT2D eigenvalue weighted by Crippen LogP contribution is -2.33. The Hall–Kier alpha value is -1.62. The van der Waals surface area contributed by atoms with E-state index in [1.54, 1.807) is 7.11 Å².